The molecule has 0 atom stereocenters. The average molecular weight is 247 g/mol. The van der Waals surface area contributed by atoms with Crippen molar-refractivity contribution in [1.82, 2.24) is 4.98 Å². The van der Waals surface area contributed by atoms with Crippen molar-refractivity contribution in [1.29, 1.82) is 0 Å². The zero-order valence-corrected chi connectivity index (χ0v) is 10.5. The number of carbonyl (C=O) groups is 1. The molecule has 0 bridgehead atoms. The number of aryl methyl sites for hydroxylation is 1. The maximum atomic E-state index is 11.5. The lowest BCUT2D eigenvalue weighted by Crippen LogP contribution is -1.92. The van der Waals surface area contributed by atoms with Gasteiger partial charge in [-0.25, -0.2) is 4.98 Å². The standard InChI is InChI=1S/C13H13NO2S/c1-3-10(15)11-12(16)14-13(17-11)9-6-4-8(2)5-7-9/h4-7,16H,3H2,1-2H3. The minimum atomic E-state index is -0.155. The molecule has 0 aliphatic rings. The molecule has 1 aromatic carbocycles. The predicted molar refractivity (Wildman–Crippen MR) is 68.6 cm³/mol. The van der Waals surface area contributed by atoms with Gasteiger partial charge in [0.1, 0.15) is 9.88 Å². The van der Waals surface area contributed by atoms with Crippen LogP contribution in [0.3, 0.4) is 0 Å². The first-order valence-corrected chi connectivity index (χ1v) is 6.23. The van der Waals surface area contributed by atoms with Crippen molar-refractivity contribution in [3.63, 3.8) is 0 Å². The number of nitrogens with zero attached hydrogens (tertiary/aromatic N) is 1. The van der Waals surface area contributed by atoms with Gasteiger partial charge in [0.25, 0.3) is 0 Å². The van der Waals surface area contributed by atoms with E-state index in [2.05, 4.69) is 4.98 Å². The van der Waals surface area contributed by atoms with E-state index >= 15 is 0 Å². The Hall–Kier alpha value is -1.68. The summed E-state index contributed by atoms with van der Waals surface area (Å²) in [7, 11) is 0. The van der Waals surface area contributed by atoms with Crippen LogP contribution in [0.2, 0.25) is 0 Å². The van der Waals surface area contributed by atoms with Crippen LogP contribution in [0, 0.1) is 6.92 Å². The molecule has 0 aliphatic heterocycles. The van der Waals surface area contributed by atoms with E-state index in [0.717, 1.165) is 5.56 Å². The molecule has 2 rings (SSSR count). The number of thiazole rings is 1. The summed E-state index contributed by atoms with van der Waals surface area (Å²) in [6, 6.07) is 7.84. The van der Waals surface area contributed by atoms with Crippen LogP contribution in [0.15, 0.2) is 24.3 Å². The van der Waals surface area contributed by atoms with Crippen molar-refractivity contribution >= 4 is 17.1 Å². The molecule has 0 aliphatic carbocycles. The molecule has 0 saturated heterocycles. The van der Waals surface area contributed by atoms with E-state index < -0.39 is 0 Å². The molecule has 1 aromatic heterocycles. The lowest BCUT2D eigenvalue weighted by atomic mass is 10.2. The number of rotatable bonds is 3. The first-order chi connectivity index (χ1) is 8.11. The van der Waals surface area contributed by atoms with E-state index in [-0.39, 0.29) is 11.7 Å². The van der Waals surface area contributed by atoms with Gasteiger partial charge in [-0.3, -0.25) is 4.79 Å². The summed E-state index contributed by atoms with van der Waals surface area (Å²) in [5, 5.41) is 10.3. The molecule has 1 heterocycles. The molecular formula is C13H13NO2S. The summed E-state index contributed by atoms with van der Waals surface area (Å²) in [5.41, 5.74) is 2.09. The predicted octanol–water partition coefficient (Wildman–Crippen LogP) is 3.42. The summed E-state index contributed by atoms with van der Waals surface area (Å²) >= 11 is 1.24. The normalized spacial score (nSPS) is 10.5. The van der Waals surface area contributed by atoms with Crippen LogP contribution < -0.4 is 0 Å². The number of carbonyl (C=O) groups excluding carboxylic acids is 1. The Balaban J connectivity index is 2.41. The van der Waals surface area contributed by atoms with Gasteiger partial charge < -0.3 is 5.11 Å². The number of aromatic nitrogens is 1. The Labute approximate surface area is 104 Å². The van der Waals surface area contributed by atoms with Crippen molar-refractivity contribution in [2.75, 3.05) is 0 Å². The highest BCUT2D eigenvalue weighted by Crippen LogP contribution is 2.32. The van der Waals surface area contributed by atoms with Gasteiger partial charge in [-0.2, -0.15) is 0 Å². The van der Waals surface area contributed by atoms with Gasteiger partial charge in [-0.15, -0.1) is 11.3 Å². The van der Waals surface area contributed by atoms with Gasteiger partial charge in [0.2, 0.25) is 5.88 Å². The average Bonchev–Trinajstić information content (AvgIpc) is 2.71. The first kappa shape index (κ1) is 11.8. The summed E-state index contributed by atoms with van der Waals surface area (Å²) in [6.45, 7) is 3.78. The summed E-state index contributed by atoms with van der Waals surface area (Å²) in [4.78, 5) is 15.9. The van der Waals surface area contributed by atoms with Gasteiger partial charge in [0.05, 0.1) is 0 Å². The van der Waals surface area contributed by atoms with E-state index in [1.54, 1.807) is 6.92 Å². The van der Waals surface area contributed by atoms with E-state index in [4.69, 9.17) is 0 Å². The minimum Gasteiger partial charge on any atom is -0.492 e. The van der Waals surface area contributed by atoms with Crippen molar-refractivity contribution in [3.05, 3.63) is 34.7 Å². The van der Waals surface area contributed by atoms with Crippen molar-refractivity contribution in [3.8, 4) is 16.5 Å². The Bertz CT molecular complexity index is 543. The summed E-state index contributed by atoms with van der Waals surface area (Å²) in [5.74, 6) is -0.226. The Morgan fingerprint density at radius 2 is 2.00 bits per heavy atom. The quantitative estimate of drug-likeness (QED) is 0.845. The number of aromatic hydroxyl groups is 1. The fourth-order valence-electron chi connectivity index (χ4n) is 1.47. The lowest BCUT2D eigenvalue weighted by molar-refractivity contribution is 0.0989. The fraction of sp³-hybridized carbons (Fsp3) is 0.231. The van der Waals surface area contributed by atoms with E-state index in [9.17, 15) is 9.90 Å². The molecule has 1 N–H and O–H groups in total. The lowest BCUT2D eigenvalue weighted by Gasteiger charge is -1.95. The minimum absolute atomic E-state index is 0.0710. The van der Waals surface area contributed by atoms with Crippen LogP contribution in [0.4, 0.5) is 0 Å². The Kier molecular flexibility index (Phi) is 3.24. The first-order valence-electron chi connectivity index (χ1n) is 5.42. The van der Waals surface area contributed by atoms with Gasteiger partial charge >= 0.3 is 0 Å². The second-order valence-corrected chi connectivity index (χ2v) is 4.81. The molecular weight excluding hydrogens is 234 g/mol. The van der Waals surface area contributed by atoms with E-state index in [1.165, 1.54) is 16.9 Å². The highest BCUT2D eigenvalue weighted by Gasteiger charge is 2.16. The Morgan fingerprint density at radius 3 is 2.59 bits per heavy atom. The SMILES string of the molecule is CCC(=O)c1sc(-c2ccc(C)cc2)nc1O. The topological polar surface area (TPSA) is 50.2 Å². The highest BCUT2D eigenvalue weighted by molar-refractivity contribution is 7.17. The maximum Gasteiger partial charge on any atom is 0.233 e. The summed E-state index contributed by atoms with van der Waals surface area (Å²) < 4.78 is 0. The zero-order valence-electron chi connectivity index (χ0n) is 9.73. The van der Waals surface area contributed by atoms with Gasteiger partial charge in [-0.1, -0.05) is 36.8 Å². The van der Waals surface area contributed by atoms with Crippen LogP contribution >= 0.6 is 11.3 Å². The molecule has 4 heteroatoms. The van der Waals surface area contributed by atoms with Crippen LogP contribution in [0.25, 0.3) is 10.6 Å². The van der Waals surface area contributed by atoms with Crippen molar-refractivity contribution in [2.45, 2.75) is 20.3 Å². The van der Waals surface area contributed by atoms with E-state index in [1.807, 2.05) is 31.2 Å². The van der Waals surface area contributed by atoms with Gasteiger partial charge in [-0.05, 0) is 6.92 Å². The van der Waals surface area contributed by atoms with Crippen molar-refractivity contribution in [2.24, 2.45) is 0 Å². The molecule has 17 heavy (non-hydrogen) atoms. The maximum absolute atomic E-state index is 11.5. The number of hydrogen-bond donors (Lipinski definition) is 1. The number of ketones is 1. The molecule has 2 aromatic rings. The molecule has 0 saturated carbocycles. The molecule has 88 valence electrons. The summed E-state index contributed by atoms with van der Waals surface area (Å²) in [6.07, 6.45) is 0.378. The molecule has 3 nitrogen and oxygen atoms in total. The van der Waals surface area contributed by atoms with Gasteiger partial charge in [0.15, 0.2) is 5.78 Å². The van der Waals surface area contributed by atoms with Crippen LogP contribution in [0.5, 0.6) is 5.88 Å². The second-order valence-electron chi connectivity index (χ2n) is 3.81. The fourth-order valence-corrected chi connectivity index (χ4v) is 2.45. The number of benzene rings is 1. The molecule has 0 unspecified atom stereocenters. The van der Waals surface area contributed by atoms with Crippen molar-refractivity contribution < 1.29 is 9.90 Å². The zero-order chi connectivity index (χ0) is 12.4. The molecule has 0 amide bonds. The van der Waals surface area contributed by atoms with Crippen LogP contribution in [-0.2, 0) is 0 Å². The largest absolute Gasteiger partial charge is 0.492 e. The molecule has 0 spiro atoms. The third-order valence-corrected chi connectivity index (χ3v) is 3.62. The molecule has 0 fully saturated rings. The monoisotopic (exact) mass is 247 g/mol. The molecule has 0 radical (unpaired) electrons. The van der Waals surface area contributed by atoms with Crippen LogP contribution in [0.1, 0.15) is 28.6 Å². The van der Waals surface area contributed by atoms with E-state index in [0.29, 0.717) is 16.3 Å². The Morgan fingerprint density at radius 1 is 1.35 bits per heavy atom. The third kappa shape index (κ3) is 2.36. The second kappa shape index (κ2) is 4.67. The van der Waals surface area contributed by atoms with Crippen LogP contribution in [-0.4, -0.2) is 15.9 Å². The smallest absolute Gasteiger partial charge is 0.233 e. The number of Topliss-reactive ketones (excluding diaryl/α,β-unsaturated/α-hetero) is 1. The number of hydrogen-bond acceptors (Lipinski definition) is 4. The third-order valence-electron chi connectivity index (χ3n) is 2.48. The highest BCUT2D eigenvalue weighted by atomic mass is 32.1. The van der Waals surface area contributed by atoms with Gasteiger partial charge in [0, 0.05) is 12.0 Å².